The zero-order chi connectivity index (χ0) is 28.4. The molecule has 0 spiro atoms. The maximum Gasteiger partial charge on any atom is 0.326 e. The summed E-state index contributed by atoms with van der Waals surface area (Å²) in [6, 6.07) is 6.90. The topological polar surface area (TPSA) is 211 Å². The molecule has 0 saturated heterocycles. The van der Waals surface area contributed by atoms with E-state index < -0.39 is 60.4 Å². The number of carboxylic acids is 1. The summed E-state index contributed by atoms with van der Waals surface area (Å²) in [5.41, 5.74) is 6.73. The first-order chi connectivity index (χ1) is 17.9. The van der Waals surface area contributed by atoms with E-state index in [4.69, 9.17) is 5.73 Å². The molecule has 0 aliphatic rings. The van der Waals surface area contributed by atoms with Crippen LogP contribution in [0.4, 0.5) is 0 Å². The number of aliphatic hydroxyl groups is 1. The number of rotatable bonds is 13. The lowest BCUT2D eigenvalue weighted by molar-refractivity contribution is -0.142. The Hall–Kier alpha value is -4.16. The molecule has 0 bridgehead atoms. The van der Waals surface area contributed by atoms with Gasteiger partial charge in [0.05, 0.1) is 6.61 Å². The number of carboxylic acid groups (broad SMARTS) is 1. The van der Waals surface area contributed by atoms with Gasteiger partial charge >= 0.3 is 5.97 Å². The van der Waals surface area contributed by atoms with Crippen molar-refractivity contribution in [2.75, 3.05) is 6.61 Å². The van der Waals surface area contributed by atoms with Crippen molar-refractivity contribution in [3.05, 3.63) is 59.7 Å². The fraction of sp³-hybridized carbons (Fsp3) is 0.385. The number of carbonyl (C=O) groups is 4. The normalized spacial score (nSPS) is 14.1. The monoisotopic (exact) mass is 530 g/mol. The van der Waals surface area contributed by atoms with Gasteiger partial charge in [-0.2, -0.15) is 0 Å². The Morgan fingerprint density at radius 1 is 0.737 bits per heavy atom. The second-order valence-corrected chi connectivity index (χ2v) is 9.22. The van der Waals surface area contributed by atoms with E-state index in [9.17, 15) is 39.6 Å². The standard InChI is InChI=1S/C26H34N4O8/c1-14(2)22(25(36)29-21(26(37)38)12-16-5-9-18(33)10-6-16)30-24(35)20(28-23(34)19(27)13-31)11-15-3-7-17(32)8-4-15/h3-10,14,19-22,31-33H,11-13,27H2,1-2H3,(H,28,34)(H,29,36)(H,30,35)(H,37,38). The van der Waals surface area contributed by atoms with Crippen molar-refractivity contribution in [2.24, 2.45) is 11.7 Å². The molecule has 12 heteroatoms. The highest BCUT2D eigenvalue weighted by Crippen LogP contribution is 2.14. The number of nitrogens with two attached hydrogens (primary N) is 1. The van der Waals surface area contributed by atoms with Crippen LogP contribution in [0.1, 0.15) is 25.0 Å². The second-order valence-electron chi connectivity index (χ2n) is 9.22. The lowest BCUT2D eigenvalue weighted by Crippen LogP contribution is -2.59. The van der Waals surface area contributed by atoms with Gasteiger partial charge in [0.15, 0.2) is 0 Å². The molecule has 9 N–H and O–H groups in total. The summed E-state index contributed by atoms with van der Waals surface area (Å²) in [5, 5.41) is 45.3. The third-order valence-electron chi connectivity index (χ3n) is 5.78. The van der Waals surface area contributed by atoms with Crippen LogP contribution in [0, 0.1) is 5.92 Å². The lowest BCUT2D eigenvalue weighted by Gasteiger charge is -2.27. The Kier molecular flexibility index (Phi) is 11.0. The number of aromatic hydroxyl groups is 2. The van der Waals surface area contributed by atoms with E-state index in [0.29, 0.717) is 11.1 Å². The van der Waals surface area contributed by atoms with Crippen LogP contribution in [0.5, 0.6) is 11.5 Å². The number of phenolic OH excluding ortho intramolecular Hbond substituents is 2. The predicted molar refractivity (Wildman–Crippen MR) is 137 cm³/mol. The minimum absolute atomic E-state index is 0.0120. The molecule has 0 aromatic heterocycles. The number of hydrogen-bond donors (Lipinski definition) is 8. The van der Waals surface area contributed by atoms with Crippen LogP contribution in [0.25, 0.3) is 0 Å². The van der Waals surface area contributed by atoms with Crippen molar-refractivity contribution in [3.8, 4) is 11.5 Å². The zero-order valence-corrected chi connectivity index (χ0v) is 21.1. The Morgan fingerprint density at radius 2 is 1.18 bits per heavy atom. The van der Waals surface area contributed by atoms with Gasteiger partial charge in [0.2, 0.25) is 17.7 Å². The van der Waals surface area contributed by atoms with Gasteiger partial charge in [-0.15, -0.1) is 0 Å². The first kappa shape index (κ1) is 30.1. The lowest BCUT2D eigenvalue weighted by atomic mass is 9.99. The minimum atomic E-state index is -1.31. The van der Waals surface area contributed by atoms with E-state index in [1.54, 1.807) is 26.0 Å². The van der Waals surface area contributed by atoms with Crippen LogP contribution in [0.2, 0.25) is 0 Å². The Morgan fingerprint density at radius 3 is 1.61 bits per heavy atom. The van der Waals surface area contributed by atoms with Crippen LogP contribution < -0.4 is 21.7 Å². The average molecular weight is 531 g/mol. The summed E-state index contributed by atoms with van der Waals surface area (Å²) in [6.07, 6.45) is -0.0697. The highest BCUT2D eigenvalue weighted by Gasteiger charge is 2.32. The van der Waals surface area contributed by atoms with Crippen LogP contribution in [0.3, 0.4) is 0 Å². The summed E-state index contributed by atoms with van der Waals surface area (Å²) in [5.74, 6) is -3.95. The summed E-state index contributed by atoms with van der Waals surface area (Å²) in [7, 11) is 0. The van der Waals surface area contributed by atoms with Gasteiger partial charge in [-0.25, -0.2) is 4.79 Å². The molecule has 2 rings (SSSR count). The molecule has 206 valence electrons. The smallest absolute Gasteiger partial charge is 0.326 e. The molecule has 0 aliphatic carbocycles. The molecule has 0 radical (unpaired) electrons. The van der Waals surface area contributed by atoms with Crippen LogP contribution >= 0.6 is 0 Å². The molecular weight excluding hydrogens is 496 g/mol. The van der Waals surface area contributed by atoms with Crippen molar-refractivity contribution in [1.82, 2.24) is 16.0 Å². The molecule has 0 heterocycles. The van der Waals surface area contributed by atoms with E-state index in [-0.39, 0.29) is 24.3 Å². The number of phenols is 2. The maximum atomic E-state index is 13.2. The minimum Gasteiger partial charge on any atom is -0.508 e. The quantitative estimate of drug-likeness (QED) is 0.166. The van der Waals surface area contributed by atoms with Crippen LogP contribution in [0.15, 0.2) is 48.5 Å². The summed E-state index contributed by atoms with van der Waals surface area (Å²) in [6.45, 7) is 2.68. The number of amides is 3. The highest BCUT2D eigenvalue weighted by atomic mass is 16.4. The number of nitrogens with one attached hydrogen (secondary N) is 3. The molecule has 38 heavy (non-hydrogen) atoms. The fourth-order valence-corrected chi connectivity index (χ4v) is 3.56. The molecule has 4 atom stereocenters. The molecule has 2 aromatic carbocycles. The Bertz CT molecular complexity index is 1110. The first-order valence-corrected chi connectivity index (χ1v) is 12.0. The molecular formula is C26H34N4O8. The van der Waals surface area contributed by atoms with Gasteiger partial charge < -0.3 is 42.1 Å². The molecule has 4 unspecified atom stereocenters. The number of benzene rings is 2. The van der Waals surface area contributed by atoms with E-state index in [1.165, 1.54) is 36.4 Å². The van der Waals surface area contributed by atoms with Crippen molar-refractivity contribution >= 4 is 23.7 Å². The van der Waals surface area contributed by atoms with Gasteiger partial charge in [-0.1, -0.05) is 38.1 Å². The summed E-state index contributed by atoms with van der Waals surface area (Å²) >= 11 is 0. The van der Waals surface area contributed by atoms with E-state index >= 15 is 0 Å². The largest absolute Gasteiger partial charge is 0.508 e. The van der Waals surface area contributed by atoms with Crippen LogP contribution in [-0.4, -0.2) is 74.9 Å². The molecule has 2 aromatic rings. The number of hydrogen-bond acceptors (Lipinski definition) is 8. The SMILES string of the molecule is CC(C)C(NC(=O)C(Cc1ccc(O)cc1)NC(=O)C(N)CO)C(=O)NC(Cc1ccc(O)cc1)C(=O)O. The summed E-state index contributed by atoms with van der Waals surface area (Å²) < 4.78 is 0. The van der Waals surface area contributed by atoms with Crippen molar-refractivity contribution in [2.45, 2.75) is 50.9 Å². The third-order valence-corrected chi connectivity index (χ3v) is 5.78. The fourth-order valence-electron chi connectivity index (χ4n) is 3.56. The summed E-state index contributed by atoms with van der Waals surface area (Å²) in [4.78, 5) is 50.4. The van der Waals surface area contributed by atoms with E-state index in [2.05, 4.69) is 16.0 Å². The van der Waals surface area contributed by atoms with E-state index in [1.807, 2.05) is 0 Å². The highest BCUT2D eigenvalue weighted by molar-refractivity contribution is 5.94. The molecule has 12 nitrogen and oxygen atoms in total. The van der Waals surface area contributed by atoms with Gasteiger partial charge in [-0.05, 0) is 41.3 Å². The molecule has 0 saturated carbocycles. The van der Waals surface area contributed by atoms with E-state index in [0.717, 1.165) is 0 Å². The number of aliphatic carboxylic acids is 1. The van der Waals surface area contributed by atoms with Crippen LogP contribution in [-0.2, 0) is 32.0 Å². The van der Waals surface area contributed by atoms with Crippen molar-refractivity contribution < 1.29 is 39.6 Å². The van der Waals surface area contributed by atoms with Gasteiger partial charge in [0, 0.05) is 12.8 Å². The molecule has 0 aliphatic heterocycles. The van der Waals surface area contributed by atoms with Gasteiger partial charge in [0.25, 0.3) is 0 Å². The van der Waals surface area contributed by atoms with Crippen molar-refractivity contribution in [3.63, 3.8) is 0 Å². The second kappa shape index (κ2) is 14.0. The van der Waals surface area contributed by atoms with Gasteiger partial charge in [-0.3, -0.25) is 14.4 Å². The zero-order valence-electron chi connectivity index (χ0n) is 21.1. The molecule has 3 amide bonds. The average Bonchev–Trinajstić information content (AvgIpc) is 2.87. The number of carbonyl (C=O) groups excluding carboxylic acids is 3. The van der Waals surface area contributed by atoms with Crippen molar-refractivity contribution in [1.29, 1.82) is 0 Å². The van der Waals surface area contributed by atoms with Gasteiger partial charge in [0.1, 0.15) is 35.7 Å². The first-order valence-electron chi connectivity index (χ1n) is 12.0. The number of aliphatic hydroxyl groups excluding tert-OH is 1. The Labute approximate surface area is 219 Å². The predicted octanol–water partition coefficient (Wildman–Crippen LogP) is -0.602. The third kappa shape index (κ3) is 9.05. The maximum absolute atomic E-state index is 13.2. The Balaban J connectivity index is 2.19. The molecule has 0 fully saturated rings.